The van der Waals surface area contributed by atoms with Gasteiger partial charge in [-0.3, -0.25) is 14.3 Å². The predicted molar refractivity (Wildman–Crippen MR) is 65.4 cm³/mol. The topological polar surface area (TPSA) is 84.7 Å². The Hall–Kier alpha value is -1.89. The number of aryl methyl sites for hydroxylation is 1. The van der Waals surface area contributed by atoms with Gasteiger partial charge in [0, 0.05) is 31.9 Å². The van der Waals surface area contributed by atoms with E-state index in [1.54, 1.807) is 28.0 Å². The fraction of sp³-hybridized carbons (Fsp3) is 0.583. The molecular weight excluding hydrogens is 250 g/mol. The number of carboxylic acids is 1. The van der Waals surface area contributed by atoms with Gasteiger partial charge in [-0.05, 0) is 6.07 Å². The van der Waals surface area contributed by atoms with Crippen LogP contribution in [0.15, 0.2) is 18.5 Å². The molecule has 0 saturated carbocycles. The first-order chi connectivity index (χ1) is 9.16. The number of amides is 1. The summed E-state index contributed by atoms with van der Waals surface area (Å²) >= 11 is 0. The van der Waals surface area contributed by atoms with Crippen LogP contribution in [0.25, 0.3) is 0 Å². The number of hydrogen-bond acceptors (Lipinski definition) is 4. The molecule has 1 aromatic rings. The summed E-state index contributed by atoms with van der Waals surface area (Å²) in [5, 5.41) is 12.9. The zero-order valence-electron chi connectivity index (χ0n) is 10.6. The Morgan fingerprint density at radius 1 is 1.47 bits per heavy atom. The molecule has 7 nitrogen and oxygen atoms in total. The Bertz CT molecular complexity index is 432. The van der Waals surface area contributed by atoms with Gasteiger partial charge >= 0.3 is 5.97 Å². The molecule has 1 aliphatic heterocycles. The fourth-order valence-electron chi connectivity index (χ4n) is 2.14. The second kappa shape index (κ2) is 6.33. The molecule has 0 aliphatic carbocycles. The Kier molecular flexibility index (Phi) is 4.51. The maximum atomic E-state index is 12.1. The smallest absolute Gasteiger partial charge is 0.305 e. The molecule has 104 valence electrons. The third-order valence-electron chi connectivity index (χ3n) is 3.07. The van der Waals surface area contributed by atoms with E-state index >= 15 is 0 Å². The van der Waals surface area contributed by atoms with Crippen LogP contribution in [-0.2, 0) is 20.9 Å². The van der Waals surface area contributed by atoms with Crippen LogP contribution in [-0.4, -0.2) is 57.5 Å². The zero-order valence-corrected chi connectivity index (χ0v) is 10.6. The highest BCUT2D eigenvalue weighted by Gasteiger charge is 2.28. The molecule has 0 aromatic carbocycles. The predicted octanol–water partition coefficient (Wildman–Crippen LogP) is -0.0247. The number of aliphatic carboxylic acids is 1. The first-order valence-corrected chi connectivity index (χ1v) is 6.23. The van der Waals surface area contributed by atoms with Gasteiger partial charge in [0.2, 0.25) is 5.91 Å². The Morgan fingerprint density at radius 3 is 3.00 bits per heavy atom. The van der Waals surface area contributed by atoms with Crippen molar-refractivity contribution in [1.82, 2.24) is 14.7 Å². The Labute approximate surface area is 110 Å². The van der Waals surface area contributed by atoms with Crippen LogP contribution in [0, 0.1) is 0 Å². The van der Waals surface area contributed by atoms with E-state index in [1.165, 1.54) is 0 Å². The minimum atomic E-state index is -0.916. The maximum Gasteiger partial charge on any atom is 0.305 e. The summed E-state index contributed by atoms with van der Waals surface area (Å²) in [5.74, 6) is -0.967. The lowest BCUT2D eigenvalue weighted by Crippen LogP contribution is -2.49. The molecule has 1 fully saturated rings. The standard InChI is InChI=1S/C12H17N3O4/c16-11(2-5-14-4-1-3-13-14)15-6-7-19-9-10(15)8-12(17)18/h1,3-4,10H,2,5-9H2,(H,17,18). The van der Waals surface area contributed by atoms with E-state index in [0.717, 1.165) is 0 Å². The molecular formula is C12H17N3O4. The van der Waals surface area contributed by atoms with E-state index in [0.29, 0.717) is 32.7 Å². The van der Waals surface area contributed by atoms with E-state index < -0.39 is 5.97 Å². The van der Waals surface area contributed by atoms with Gasteiger partial charge in [0.15, 0.2) is 0 Å². The molecule has 1 aliphatic rings. The molecule has 7 heteroatoms. The number of ether oxygens (including phenoxy) is 1. The third kappa shape index (κ3) is 3.78. The number of nitrogens with zero attached hydrogens (tertiary/aromatic N) is 3. The summed E-state index contributed by atoms with van der Waals surface area (Å²) in [7, 11) is 0. The van der Waals surface area contributed by atoms with Crippen molar-refractivity contribution in [1.29, 1.82) is 0 Å². The van der Waals surface area contributed by atoms with Crippen molar-refractivity contribution in [3.05, 3.63) is 18.5 Å². The van der Waals surface area contributed by atoms with Crippen LogP contribution in [0.4, 0.5) is 0 Å². The second-order valence-corrected chi connectivity index (χ2v) is 4.43. The van der Waals surface area contributed by atoms with Crippen LogP contribution in [0.3, 0.4) is 0 Å². The van der Waals surface area contributed by atoms with Crippen molar-refractivity contribution in [2.45, 2.75) is 25.4 Å². The maximum absolute atomic E-state index is 12.1. The number of carboxylic acid groups (broad SMARTS) is 1. The van der Waals surface area contributed by atoms with Crippen LogP contribution in [0.5, 0.6) is 0 Å². The Morgan fingerprint density at radius 2 is 2.32 bits per heavy atom. The molecule has 1 atom stereocenters. The van der Waals surface area contributed by atoms with Crippen LogP contribution in [0.1, 0.15) is 12.8 Å². The van der Waals surface area contributed by atoms with E-state index in [4.69, 9.17) is 9.84 Å². The lowest BCUT2D eigenvalue weighted by molar-refractivity contribution is -0.146. The molecule has 19 heavy (non-hydrogen) atoms. The molecule has 1 saturated heterocycles. The fourth-order valence-corrected chi connectivity index (χ4v) is 2.14. The molecule has 1 unspecified atom stereocenters. The van der Waals surface area contributed by atoms with Crippen LogP contribution >= 0.6 is 0 Å². The lowest BCUT2D eigenvalue weighted by atomic mass is 10.1. The highest BCUT2D eigenvalue weighted by molar-refractivity contribution is 5.77. The summed E-state index contributed by atoms with van der Waals surface area (Å²) < 4.78 is 6.92. The summed E-state index contributed by atoms with van der Waals surface area (Å²) in [6.07, 6.45) is 3.69. The SMILES string of the molecule is O=C(O)CC1COCCN1C(=O)CCn1cccn1. The number of carbonyl (C=O) groups is 2. The second-order valence-electron chi connectivity index (χ2n) is 4.43. The summed E-state index contributed by atoms with van der Waals surface area (Å²) in [6, 6.07) is 1.43. The van der Waals surface area contributed by atoms with E-state index in [9.17, 15) is 9.59 Å². The van der Waals surface area contributed by atoms with Gasteiger partial charge in [-0.2, -0.15) is 5.10 Å². The van der Waals surface area contributed by atoms with Gasteiger partial charge in [0.05, 0.1) is 25.7 Å². The zero-order chi connectivity index (χ0) is 13.7. The average Bonchev–Trinajstić information content (AvgIpc) is 2.89. The highest BCUT2D eigenvalue weighted by atomic mass is 16.5. The number of rotatable bonds is 5. The number of hydrogen-bond donors (Lipinski definition) is 1. The lowest BCUT2D eigenvalue weighted by Gasteiger charge is -2.34. The van der Waals surface area contributed by atoms with Gasteiger partial charge in [-0.25, -0.2) is 0 Å². The van der Waals surface area contributed by atoms with E-state index in [-0.39, 0.29) is 18.4 Å². The quantitative estimate of drug-likeness (QED) is 0.810. The highest BCUT2D eigenvalue weighted by Crippen LogP contribution is 2.12. The molecule has 0 bridgehead atoms. The molecule has 1 amide bonds. The average molecular weight is 267 g/mol. The molecule has 2 rings (SSSR count). The first-order valence-electron chi connectivity index (χ1n) is 6.23. The molecule has 1 N–H and O–H groups in total. The van der Waals surface area contributed by atoms with Gasteiger partial charge in [0.1, 0.15) is 0 Å². The van der Waals surface area contributed by atoms with Crippen LogP contribution in [0.2, 0.25) is 0 Å². The summed E-state index contributed by atoms with van der Waals surface area (Å²) in [4.78, 5) is 24.5. The summed E-state index contributed by atoms with van der Waals surface area (Å²) in [6.45, 7) is 1.71. The largest absolute Gasteiger partial charge is 0.481 e. The van der Waals surface area contributed by atoms with Crippen LogP contribution < -0.4 is 0 Å². The van der Waals surface area contributed by atoms with E-state index in [2.05, 4.69) is 5.10 Å². The van der Waals surface area contributed by atoms with Crippen molar-refractivity contribution in [2.75, 3.05) is 19.8 Å². The molecule has 0 spiro atoms. The molecule has 0 radical (unpaired) electrons. The monoisotopic (exact) mass is 267 g/mol. The molecule has 2 heterocycles. The normalized spacial score (nSPS) is 19.4. The van der Waals surface area contributed by atoms with Gasteiger partial charge < -0.3 is 14.7 Å². The first kappa shape index (κ1) is 13.5. The Balaban J connectivity index is 1.89. The van der Waals surface area contributed by atoms with Crippen molar-refractivity contribution < 1.29 is 19.4 Å². The van der Waals surface area contributed by atoms with Crippen molar-refractivity contribution in [3.8, 4) is 0 Å². The third-order valence-corrected chi connectivity index (χ3v) is 3.07. The van der Waals surface area contributed by atoms with Crippen molar-refractivity contribution in [3.63, 3.8) is 0 Å². The van der Waals surface area contributed by atoms with Crippen molar-refractivity contribution >= 4 is 11.9 Å². The van der Waals surface area contributed by atoms with Crippen molar-refractivity contribution in [2.24, 2.45) is 0 Å². The summed E-state index contributed by atoms with van der Waals surface area (Å²) in [5.41, 5.74) is 0. The van der Waals surface area contributed by atoms with Gasteiger partial charge in [-0.1, -0.05) is 0 Å². The van der Waals surface area contributed by atoms with Gasteiger partial charge in [0.25, 0.3) is 0 Å². The molecule has 1 aromatic heterocycles. The van der Waals surface area contributed by atoms with Gasteiger partial charge in [-0.15, -0.1) is 0 Å². The van der Waals surface area contributed by atoms with E-state index in [1.807, 2.05) is 0 Å². The minimum absolute atomic E-state index is 0.0509. The number of aromatic nitrogens is 2. The minimum Gasteiger partial charge on any atom is -0.481 e. The number of carbonyl (C=O) groups excluding carboxylic acids is 1. The number of morpholine rings is 1.